The van der Waals surface area contributed by atoms with Gasteiger partial charge in [0.05, 0.1) is 11.1 Å². The topological polar surface area (TPSA) is 16.4 Å². The van der Waals surface area contributed by atoms with Crippen molar-refractivity contribution in [2.75, 3.05) is 4.90 Å². The molecule has 69 heavy (non-hydrogen) atoms. The first-order valence-electron chi connectivity index (χ1n) is 24.1. The maximum atomic E-state index is 6.63. The van der Waals surface area contributed by atoms with Crippen LogP contribution in [-0.4, -0.2) is 0 Å². The number of fused-ring (bicyclic) bond motifs is 17. The number of anilines is 3. The first-order valence-corrected chi connectivity index (χ1v) is 24.1. The summed E-state index contributed by atoms with van der Waals surface area (Å²) in [5.41, 5.74) is 10.1. The minimum absolute atomic E-state index is 0.183. The van der Waals surface area contributed by atoms with Crippen LogP contribution in [0.1, 0.15) is 25.0 Å². The van der Waals surface area contributed by atoms with Crippen LogP contribution in [0.4, 0.5) is 17.1 Å². The standard InChI is InChI=1S/C67H43NO/c1-67(2)58-25-11-9-22-51(58)52-36-33-44(39-59(52)67)68(60-26-14-28-62-66(60)54-24-10-12-27-61(54)69-62)43-32-35-50-48-20-6-4-18-46(48)45-17-3-5-19-47(45)49-21-7-8-23-53(49)65-55-34-31-41-16-13-15-40-29-30-42(64(55)63(40)41)37-57(65)56(50)38-43/h3-39H,1-2H3. The molecule has 2 heteroatoms. The zero-order valence-corrected chi connectivity index (χ0v) is 38.2. The predicted molar refractivity (Wildman–Crippen MR) is 295 cm³/mol. The highest BCUT2D eigenvalue weighted by atomic mass is 16.3. The summed E-state index contributed by atoms with van der Waals surface area (Å²) in [5.74, 6) is 0. The quantitative estimate of drug-likeness (QED) is 0.164. The lowest BCUT2D eigenvalue weighted by atomic mass is 9.82. The van der Waals surface area contributed by atoms with Gasteiger partial charge in [-0.15, -0.1) is 0 Å². The van der Waals surface area contributed by atoms with E-state index in [1.165, 1.54) is 108 Å². The summed E-state index contributed by atoms with van der Waals surface area (Å²) in [6.07, 6.45) is 0. The average molecular weight is 878 g/mol. The molecular weight excluding hydrogens is 835 g/mol. The van der Waals surface area contributed by atoms with E-state index < -0.39 is 0 Å². The van der Waals surface area contributed by atoms with Crippen molar-refractivity contribution in [1.82, 2.24) is 0 Å². The molecule has 14 aromatic rings. The van der Waals surface area contributed by atoms with Crippen molar-refractivity contribution in [3.63, 3.8) is 0 Å². The fourth-order valence-corrected chi connectivity index (χ4v) is 12.5. The SMILES string of the molecule is CC1(C)c2ccccc2-c2ccc(N(c3ccc4c5ccccc5c5ccccc5c5ccccc5c5c(cc6ccc7cccc8ccc5c6c78)c4c3)c3cccc4oc5ccccc5c34)cc21. The van der Waals surface area contributed by atoms with Gasteiger partial charge < -0.3 is 9.32 Å². The fourth-order valence-electron chi connectivity index (χ4n) is 12.5. The third-order valence-electron chi connectivity index (χ3n) is 15.6. The van der Waals surface area contributed by atoms with E-state index in [2.05, 4.69) is 243 Å². The van der Waals surface area contributed by atoms with Gasteiger partial charge in [0.25, 0.3) is 0 Å². The van der Waals surface area contributed by atoms with E-state index in [4.69, 9.17) is 4.42 Å². The molecule has 1 aliphatic carbocycles. The highest BCUT2D eigenvalue weighted by molar-refractivity contribution is 6.37. The third-order valence-corrected chi connectivity index (χ3v) is 15.6. The van der Waals surface area contributed by atoms with E-state index in [0.717, 1.165) is 39.0 Å². The molecule has 322 valence electrons. The molecule has 15 rings (SSSR count). The average Bonchev–Trinajstić information content (AvgIpc) is 3.89. The lowest BCUT2D eigenvalue weighted by molar-refractivity contribution is 0.660. The second-order valence-electron chi connectivity index (χ2n) is 19.5. The molecule has 0 unspecified atom stereocenters. The highest BCUT2D eigenvalue weighted by Crippen LogP contribution is 2.52. The molecule has 0 spiro atoms. The van der Waals surface area contributed by atoms with Crippen LogP contribution in [0.25, 0.3) is 119 Å². The monoisotopic (exact) mass is 877 g/mol. The molecule has 0 N–H and O–H groups in total. The van der Waals surface area contributed by atoms with Gasteiger partial charge in [0.1, 0.15) is 11.2 Å². The molecule has 0 saturated carbocycles. The van der Waals surface area contributed by atoms with E-state index in [1.807, 2.05) is 0 Å². The minimum Gasteiger partial charge on any atom is -0.456 e. The Kier molecular flexibility index (Phi) is 7.87. The van der Waals surface area contributed by atoms with Gasteiger partial charge >= 0.3 is 0 Å². The van der Waals surface area contributed by atoms with Gasteiger partial charge in [0.2, 0.25) is 0 Å². The summed E-state index contributed by atoms with van der Waals surface area (Å²) in [6.45, 7) is 4.74. The Balaban J connectivity index is 1.15. The Labute approximate surface area is 398 Å². The van der Waals surface area contributed by atoms with Gasteiger partial charge in [-0.3, -0.25) is 0 Å². The van der Waals surface area contributed by atoms with Crippen molar-refractivity contribution >= 4 is 125 Å². The Morgan fingerprint density at radius 2 is 0.841 bits per heavy atom. The van der Waals surface area contributed by atoms with Crippen LogP contribution in [0.15, 0.2) is 229 Å². The molecule has 13 aromatic carbocycles. The lowest BCUT2D eigenvalue weighted by Gasteiger charge is -2.29. The second-order valence-corrected chi connectivity index (χ2v) is 19.5. The number of rotatable bonds is 3. The molecule has 1 heterocycles. The zero-order chi connectivity index (χ0) is 45.5. The predicted octanol–water partition coefficient (Wildman–Crippen LogP) is 19.1. The number of hydrogen-bond donors (Lipinski definition) is 0. The summed E-state index contributed by atoms with van der Waals surface area (Å²) in [6, 6.07) is 83.8. The number of hydrogen-bond acceptors (Lipinski definition) is 2. The zero-order valence-electron chi connectivity index (χ0n) is 38.2. The molecule has 0 radical (unpaired) electrons. The van der Waals surface area contributed by atoms with Crippen molar-refractivity contribution in [2.24, 2.45) is 0 Å². The van der Waals surface area contributed by atoms with Crippen molar-refractivity contribution in [3.05, 3.63) is 236 Å². The Morgan fingerprint density at radius 3 is 1.59 bits per heavy atom. The van der Waals surface area contributed by atoms with Crippen molar-refractivity contribution in [2.45, 2.75) is 19.3 Å². The third kappa shape index (κ3) is 5.37. The van der Waals surface area contributed by atoms with Crippen LogP contribution in [0, 0.1) is 0 Å². The molecule has 0 saturated heterocycles. The van der Waals surface area contributed by atoms with Gasteiger partial charge in [-0.05, 0) is 157 Å². The Hall–Kier alpha value is -8.72. The molecule has 0 bridgehead atoms. The molecule has 2 nitrogen and oxygen atoms in total. The van der Waals surface area contributed by atoms with Gasteiger partial charge in [-0.1, -0.05) is 190 Å². The molecular formula is C67H43NO. The maximum absolute atomic E-state index is 6.63. The van der Waals surface area contributed by atoms with Crippen molar-refractivity contribution in [3.8, 4) is 11.1 Å². The van der Waals surface area contributed by atoms with Crippen LogP contribution < -0.4 is 4.90 Å². The van der Waals surface area contributed by atoms with Crippen LogP contribution in [0.2, 0.25) is 0 Å². The van der Waals surface area contributed by atoms with Crippen LogP contribution >= 0.6 is 0 Å². The van der Waals surface area contributed by atoms with E-state index in [1.54, 1.807) is 0 Å². The normalized spacial score (nSPS) is 13.2. The molecule has 0 atom stereocenters. The van der Waals surface area contributed by atoms with Crippen molar-refractivity contribution in [1.29, 1.82) is 0 Å². The van der Waals surface area contributed by atoms with Crippen LogP contribution in [-0.2, 0) is 5.41 Å². The Bertz CT molecular complexity index is 4580. The summed E-state index contributed by atoms with van der Waals surface area (Å²) in [5, 5.41) is 22.0. The fraction of sp³-hybridized carbons (Fsp3) is 0.0448. The largest absolute Gasteiger partial charge is 0.456 e. The summed E-state index contributed by atoms with van der Waals surface area (Å²) in [7, 11) is 0. The lowest BCUT2D eigenvalue weighted by Crippen LogP contribution is -2.16. The molecule has 1 aliphatic rings. The van der Waals surface area contributed by atoms with E-state index in [9.17, 15) is 0 Å². The number of nitrogens with zero attached hydrogens (tertiary/aromatic N) is 1. The first-order chi connectivity index (χ1) is 34.0. The van der Waals surface area contributed by atoms with Gasteiger partial charge in [-0.2, -0.15) is 0 Å². The molecule has 1 aromatic heterocycles. The van der Waals surface area contributed by atoms with Crippen LogP contribution in [0.5, 0.6) is 0 Å². The number of para-hydroxylation sites is 1. The smallest absolute Gasteiger partial charge is 0.137 e. The summed E-state index contributed by atoms with van der Waals surface area (Å²) >= 11 is 0. The number of benzene rings is 12. The number of furan rings is 1. The van der Waals surface area contributed by atoms with Gasteiger partial charge in [-0.25, -0.2) is 0 Å². The van der Waals surface area contributed by atoms with Crippen molar-refractivity contribution < 1.29 is 4.42 Å². The van der Waals surface area contributed by atoms with E-state index >= 15 is 0 Å². The second kappa shape index (κ2) is 14.2. The van der Waals surface area contributed by atoms with E-state index in [-0.39, 0.29) is 5.41 Å². The minimum atomic E-state index is -0.183. The molecule has 0 amide bonds. The highest BCUT2D eigenvalue weighted by Gasteiger charge is 2.36. The summed E-state index contributed by atoms with van der Waals surface area (Å²) in [4.78, 5) is 2.49. The molecule has 0 aliphatic heterocycles. The molecule has 0 fully saturated rings. The first kappa shape index (κ1) is 38.4. The van der Waals surface area contributed by atoms with Gasteiger partial charge in [0.15, 0.2) is 0 Å². The summed E-state index contributed by atoms with van der Waals surface area (Å²) < 4.78 is 6.63. The maximum Gasteiger partial charge on any atom is 0.137 e. The van der Waals surface area contributed by atoms with E-state index in [0.29, 0.717) is 0 Å². The van der Waals surface area contributed by atoms with Crippen LogP contribution in [0.3, 0.4) is 0 Å². The van der Waals surface area contributed by atoms with Gasteiger partial charge in [0, 0.05) is 22.2 Å². The Morgan fingerprint density at radius 1 is 0.304 bits per heavy atom.